The summed E-state index contributed by atoms with van der Waals surface area (Å²) in [5.74, 6) is -2.39. The Hall–Kier alpha value is -0.810. The van der Waals surface area contributed by atoms with Crippen molar-refractivity contribution in [2.45, 2.75) is 18.9 Å². The van der Waals surface area contributed by atoms with Gasteiger partial charge in [-0.1, -0.05) is 11.6 Å². The lowest BCUT2D eigenvalue weighted by atomic mass is 9.92. The van der Waals surface area contributed by atoms with Crippen molar-refractivity contribution < 1.29 is 17.6 Å². The van der Waals surface area contributed by atoms with Crippen LogP contribution in [0.3, 0.4) is 0 Å². The Kier molecular flexibility index (Phi) is 3.25. The molecule has 0 aromatic heterocycles. The second-order valence-electron chi connectivity index (χ2n) is 3.30. The van der Waals surface area contributed by atoms with Crippen molar-refractivity contribution in [2.24, 2.45) is 5.73 Å². The molecule has 1 atom stereocenters. The number of nitrogens with two attached hydrogens (primary N) is 1. The lowest BCUT2D eigenvalue weighted by Crippen LogP contribution is -2.42. The van der Waals surface area contributed by atoms with Crippen molar-refractivity contribution in [2.75, 3.05) is 0 Å². The molecule has 0 heterocycles. The zero-order valence-corrected chi connectivity index (χ0v) is 8.46. The summed E-state index contributed by atoms with van der Waals surface area (Å²) < 4.78 is 51.5. The number of halogens is 5. The van der Waals surface area contributed by atoms with Crippen LogP contribution in [-0.4, -0.2) is 6.43 Å². The van der Waals surface area contributed by atoms with Gasteiger partial charge in [0.1, 0.15) is 17.2 Å². The summed E-state index contributed by atoms with van der Waals surface area (Å²) >= 11 is 5.35. The second-order valence-corrected chi connectivity index (χ2v) is 3.71. The predicted molar refractivity (Wildman–Crippen MR) is 48.9 cm³/mol. The Labute approximate surface area is 88.8 Å². The summed E-state index contributed by atoms with van der Waals surface area (Å²) in [7, 11) is 0. The van der Waals surface area contributed by atoms with E-state index in [2.05, 4.69) is 0 Å². The topological polar surface area (TPSA) is 26.0 Å². The number of benzene rings is 1. The van der Waals surface area contributed by atoms with Crippen molar-refractivity contribution in [3.63, 3.8) is 0 Å². The summed E-state index contributed by atoms with van der Waals surface area (Å²) in [6, 6.07) is 1.74. The molecule has 84 valence electrons. The third-order valence-corrected chi connectivity index (χ3v) is 2.33. The molecule has 1 nitrogen and oxygen atoms in total. The van der Waals surface area contributed by atoms with E-state index < -0.39 is 34.2 Å². The molecule has 6 heteroatoms. The minimum atomic E-state index is -3.10. The Bertz CT molecular complexity index is 379. The first-order chi connectivity index (χ1) is 6.78. The zero-order valence-electron chi connectivity index (χ0n) is 7.70. The van der Waals surface area contributed by atoms with Crippen LogP contribution in [0.2, 0.25) is 5.02 Å². The highest BCUT2D eigenvalue weighted by molar-refractivity contribution is 6.30. The first kappa shape index (κ1) is 12.3. The lowest BCUT2D eigenvalue weighted by Gasteiger charge is -2.25. The fourth-order valence-corrected chi connectivity index (χ4v) is 1.29. The minimum Gasteiger partial charge on any atom is -0.317 e. The van der Waals surface area contributed by atoms with E-state index in [0.717, 1.165) is 19.1 Å². The van der Waals surface area contributed by atoms with Crippen LogP contribution < -0.4 is 5.73 Å². The average molecular weight is 242 g/mol. The van der Waals surface area contributed by atoms with E-state index in [-0.39, 0.29) is 0 Å². The monoisotopic (exact) mass is 241 g/mol. The van der Waals surface area contributed by atoms with Crippen LogP contribution in [0, 0.1) is 11.6 Å². The van der Waals surface area contributed by atoms with Crippen LogP contribution in [0.4, 0.5) is 17.6 Å². The molecule has 0 bridgehead atoms. The van der Waals surface area contributed by atoms with E-state index in [1.807, 2.05) is 0 Å². The molecule has 2 N–H and O–H groups in total. The molecule has 15 heavy (non-hydrogen) atoms. The van der Waals surface area contributed by atoms with Gasteiger partial charge in [0.05, 0.1) is 10.6 Å². The van der Waals surface area contributed by atoms with Gasteiger partial charge in [0.2, 0.25) is 0 Å². The first-order valence-corrected chi connectivity index (χ1v) is 4.37. The van der Waals surface area contributed by atoms with E-state index in [1.54, 1.807) is 0 Å². The molecule has 1 aromatic rings. The molecule has 0 radical (unpaired) electrons. The van der Waals surface area contributed by atoms with Crippen molar-refractivity contribution in [1.82, 2.24) is 0 Å². The molecule has 1 aromatic carbocycles. The van der Waals surface area contributed by atoms with Gasteiger partial charge in [-0.05, 0) is 19.1 Å². The summed E-state index contributed by atoms with van der Waals surface area (Å²) in [6.07, 6.45) is -3.10. The van der Waals surface area contributed by atoms with E-state index in [0.29, 0.717) is 0 Å². The summed E-state index contributed by atoms with van der Waals surface area (Å²) in [6.45, 7) is 0.843. The number of hydrogen-bond acceptors (Lipinski definition) is 1. The van der Waals surface area contributed by atoms with Crippen molar-refractivity contribution >= 4 is 11.6 Å². The summed E-state index contributed by atoms with van der Waals surface area (Å²) in [5.41, 5.74) is 1.86. The van der Waals surface area contributed by atoms with Gasteiger partial charge >= 0.3 is 0 Å². The van der Waals surface area contributed by atoms with Crippen LogP contribution in [-0.2, 0) is 5.54 Å². The zero-order chi connectivity index (χ0) is 11.8. The fraction of sp³-hybridized carbons (Fsp3) is 0.333. The molecule has 0 amide bonds. The highest BCUT2D eigenvalue weighted by atomic mass is 35.5. The molecule has 0 fully saturated rings. The van der Waals surface area contributed by atoms with Crippen LogP contribution in [0.1, 0.15) is 12.5 Å². The van der Waals surface area contributed by atoms with Crippen LogP contribution in [0.15, 0.2) is 12.1 Å². The van der Waals surface area contributed by atoms with Gasteiger partial charge in [0.25, 0.3) is 6.43 Å². The predicted octanol–water partition coefficient (Wildman–Crippen LogP) is 3.06. The third-order valence-electron chi connectivity index (χ3n) is 2.04. The van der Waals surface area contributed by atoms with E-state index in [9.17, 15) is 17.6 Å². The van der Waals surface area contributed by atoms with Crippen LogP contribution in [0.25, 0.3) is 0 Å². The molecular weight excluding hydrogens is 234 g/mol. The van der Waals surface area contributed by atoms with E-state index in [4.69, 9.17) is 17.3 Å². The Morgan fingerprint density at radius 1 is 1.33 bits per heavy atom. The normalized spacial score (nSPS) is 15.5. The largest absolute Gasteiger partial charge is 0.317 e. The maximum atomic E-state index is 13.3. The maximum Gasteiger partial charge on any atom is 0.260 e. The Balaban J connectivity index is 3.42. The molecule has 0 aliphatic carbocycles. The smallest absolute Gasteiger partial charge is 0.260 e. The molecule has 0 spiro atoms. The van der Waals surface area contributed by atoms with Crippen molar-refractivity contribution in [3.8, 4) is 0 Å². The first-order valence-electron chi connectivity index (χ1n) is 3.99. The second kappa shape index (κ2) is 3.98. The molecule has 0 aliphatic rings. The Morgan fingerprint density at radius 3 is 2.33 bits per heavy atom. The van der Waals surface area contributed by atoms with Gasteiger partial charge in [-0.2, -0.15) is 0 Å². The van der Waals surface area contributed by atoms with Gasteiger partial charge < -0.3 is 5.73 Å². The third kappa shape index (κ3) is 2.08. The minimum absolute atomic E-state index is 0.441. The van der Waals surface area contributed by atoms with Gasteiger partial charge in [0, 0.05) is 0 Å². The fourth-order valence-electron chi connectivity index (χ4n) is 1.13. The SMILES string of the molecule is CC(N)(c1c(F)ccc(Cl)c1F)C(F)F. The molecular formula is C9H8ClF4N. The average Bonchev–Trinajstić information content (AvgIpc) is 2.11. The van der Waals surface area contributed by atoms with Gasteiger partial charge in [-0.15, -0.1) is 0 Å². The van der Waals surface area contributed by atoms with Gasteiger partial charge in [-0.3, -0.25) is 0 Å². The van der Waals surface area contributed by atoms with E-state index in [1.165, 1.54) is 0 Å². The quantitative estimate of drug-likeness (QED) is 0.625. The Morgan fingerprint density at radius 2 is 1.87 bits per heavy atom. The summed E-state index contributed by atoms with van der Waals surface area (Å²) in [4.78, 5) is 0. The molecule has 1 unspecified atom stereocenters. The number of alkyl halides is 2. The van der Waals surface area contributed by atoms with E-state index >= 15 is 0 Å². The van der Waals surface area contributed by atoms with Crippen molar-refractivity contribution in [1.29, 1.82) is 0 Å². The highest BCUT2D eigenvalue weighted by Crippen LogP contribution is 2.32. The number of rotatable bonds is 2. The van der Waals surface area contributed by atoms with Gasteiger partial charge in [-0.25, -0.2) is 17.6 Å². The molecule has 0 saturated carbocycles. The van der Waals surface area contributed by atoms with Gasteiger partial charge in [0.15, 0.2) is 0 Å². The highest BCUT2D eigenvalue weighted by Gasteiger charge is 2.38. The van der Waals surface area contributed by atoms with Crippen LogP contribution >= 0.6 is 11.6 Å². The summed E-state index contributed by atoms with van der Waals surface area (Å²) in [5, 5.41) is -0.441. The molecule has 0 aliphatic heterocycles. The van der Waals surface area contributed by atoms with Crippen LogP contribution in [0.5, 0.6) is 0 Å². The molecule has 0 saturated heterocycles. The maximum absolute atomic E-state index is 13.3. The van der Waals surface area contributed by atoms with Crippen molar-refractivity contribution in [3.05, 3.63) is 34.4 Å². The standard InChI is InChI=1S/C9H8ClF4N/c1-9(15,8(13)14)6-5(11)3-2-4(10)7(6)12/h2-3,8H,15H2,1H3. The number of hydrogen-bond donors (Lipinski definition) is 1. The lowest BCUT2D eigenvalue weighted by molar-refractivity contribution is 0.0582. The molecule has 1 rings (SSSR count).